The van der Waals surface area contributed by atoms with Crippen LogP contribution in [0.4, 0.5) is 0 Å². The van der Waals surface area contributed by atoms with Crippen molar-refractivity contribution in [3.8, 4) is 11.5 Å². The number of aromatic hydroxyl groups is 1. The molecule has 0 aliphatic carbocycles. The number of halogens is 2. The highest BCUT2D eigenvalue weighted by Crippen LogP contribution is 2.24. The number of amides is 1. The first kappa shape index (κ1) is 17.1. The predicted octanol–water partition coefficient (Wildman–Crippen LogP) is 3.86. The highest BCUT2D eigenvalue weighted by molar-refractivity contribution is 6.35. The zero-order valence-corrected chi connectivity index (χ0v) is 13.9. The molecule has 0 saturated heterocycles. The Bertz CT molecular complexity index is 776. The van der Waals surface area contributed by atoms with Crippen LogP contribution >= 0.6 is 23.2 Å². The van der Waals surface area contributed by atoms with Crippen LogP contribution in [0.2, 0.25) is 10.0 Å². The fourth-order valence-corrected chi connectivity index (χ4v) is 2.23. The molecule has 1 amide bonds. The van der Waals surface area contributed by atoms with Gasteiger partial charge in [-0.05, 0) is 43.3 Å². The topological polar surface area (TPSA) is 70.9 Å². The number of methoxy groups -OCH3 is 1. The van der Waals surface area contributed by atoms with E-state index < -0.39 is 5.91 Å². The molecule has 5 nitrogen and oxygen atoms in total. The molecule has 23 heavy (non-hydrogen) atoms. The molecular weight excluding hydrogens is 339 g/mol. The molecule has 0 saturated carbocycles. The van der Waals surface area contributed by atoms with Crippen LogP contribution in [0, 0.1) is 0 Å². The summed E-state index contributed by atoms with van der Waals surface area (Å²) < 4.78 is 5.10. The molecule has 0 radical (unpaired) electrons. The summed E-state index contributed by atoms with van der Waals surface area (Å²) in [6.07, 6.45) is 0. The minimum atomic E-state index is -0.501. The fraction of sp³-hybridized carbons (Fsp3) is 0.125. The van der Waals surface area contributed by atoms with E-state index in [1.807, 2.05) is 0 Å². The molecule has 0 spiro atoms. The van der Waals surface area contributed by atoms with Gasteiger partial charge in [-0.3, -0.25) is 4.79 Å². The monoisotopic (exact) mass is 352 g/mol. The Morgan fingerprint density at radius 1 is 1.17 bits per heavy atom. The van der Waals surface area contributed by atoms with E-state index in [0.29, 0.717) is 22.0 Å². The highest BCUT2D eigenvalue weighted by Gasteiger charge is 2.12. The number of hydrogen-bond donors (Lipinski definition) is 2. The summed E-state index contributed by atoms with van der Waals surface area (Å²) >= 11 is 11.8. The zero-order valence-electron chi connectivity index (χ0n) is 12.4. The van der Waals surface area contributed by atoms with Crippen molar-refractivity contribution in [3.05, 3.63) is 57.6 Å². The van der Waals surface area contributed by atoms with E-state index in [4.69, 9.17) is 27.9 Å². The molecule has 0 heterocycles. The number of ether oxygens (including phenoxy) is 1. The lowest BCUT2D eigenvalue weighted by atomic mass is 10.1. The third-order valence-electron chi connectivity index (χ3n) is 3.09. The standard InChI is InChI=1S/C16H14Cl2N2O3/c1-9(12-8-11(23-2)4-6-15(12)21)19-20-16(22)13-7-10(17)3-5-14(13)18/h3-8,21H,1-2H3,(H,20,22)/b19-9+. The second-order valence-corrected chi connectivity index (χ2v) is 5.49. The third kappa shape index (κ3) is 4.15. The molecule has 0 fully saturated rings. The van der Waals surface area contributed by atoms with E-state index in [1.54, 1.807) is 25.1 Å². The predicted molar refractivity (Wildman–Crippen MR) is 90.8 cm³/mol. The number of phenolic OH excluding ortho intramolecular Hbond substituents is 1. The molecule has 0 bridgehead atoms. The first-order valence-corrected chi connectivity index (χ1v) is 7.35. The normalized spacial score (nSPS) is 11.2. The van der Waals surface area contributed by atoms with Crippen LogP contribution in [0.15, 0.2) is 41.5 Å². The average Bonchev–Trinajstić information content (AvgIpc) is 2.55. The highest BCUT2D eigenvalue weighted by atomic mass is 35.5. The number of benzene rings is 2. The Balaban J connectivity index is 2.22. The summed E-state index contributed by atoms with van der Waals surface area (Å²) in [5, 5.41) is 14.5. The fourth-order valence-electron chi connectivity index (χ4n) is 1.86. The van der Waals surface area contributed by atoms with Gasteiger partial charge < -0.3 is 9.84 Å². The summed E-state index contributed by atoms with van der Waals surface area (Å²) in [5.74, 6) is 0.0953. The van der Waals surface area contributed by atoms with Crippen LogP contribution in [-0.2, 0) is 0 Å². The Morgan fingerprint density at radius 2 is 1.91 bits per heavy atom. The first-order chi connectivity index (χ1) is 10.9. The molecule has 0 atom stereocenters. The molecule has 7 heteroatoms. The molecule has 2 N–H and O–H groups in total. The van der Waals surface area contributed by atoms with Gasteiger partial charge >= 0.3 is 0 Å². The van der Waals surface area contributed by atoms with Crippen molar-refractivity contribution in [2.45, 2.75) is 6.92 Å². The van der Waals surface area contributed by atoms with Crippen LogP contribution in [0.5, 0.6) is 11.5 Å². The summed E-state index contributed by atoms with van der Waals surface area (Å²) in [4.78, 5) is 12.1. The first-order valence-electron chi connectivity index (χ1n) is 6.59. The van der Waals surface area contributed by atoms with Gasteiger partial charge in [0.05, 0.1) is 23.4 Å². The average molecular weight is 353 g/mol. The maximum atomic E-state index is 12.1. The molecule has 2 rings (SSSR count). The number of nitrogens with one attached hydrogen (secondary N) is 1. The molecule has 0 unspecified atom stereocenters. The van der Waals surface area contributed by atoms with Crippen molar-refractivity contribution in [2.24, 2.45) is 5.10 Å². The number of rotatable bonds is 4. The van der Waals surface area contributed by atoms with Gasteiger partial charge in [0.2, 0.25) is 0 Å². The lowest BCUT2D eigenvalue weighted by molar-refractivity contribution is 0.0955. The summed E-state index contributed by atoms with van der Waals surface area (Å²) in [6, 6.07) is 9.30. The van der Waals surface area contributed by atoms with Crippen LogP contribution in [0.25, 0.3) is 0 Å². The maximum absolute atomic E-state index is 12.1. The van der Waals surface area contributed by atoms with Gasteiger partial charge in [-0.15, -0.1) is 0 Å². The third-order valence-corrected chi connectivity index (χ3v) is 3.66. The van der Waals surface area contributed by atoms with Gasteiger partial charge in [0.1, 0.15) is 11.5 Å². The van der Waals surface area contributed by atoms with E-state index in [9.17, 15) is 9.90 Å². The van der Waals surface area contributed by atoms with Gasteiger partial charge in [0, 0.05) is 10.6 Å². The second-order valence-electron chi connectivity index (χ2n) is 4.65. The van der Waals surface area contributed by atoms with Gasteiger partial charge in [-0.2, -0.15) is 5.10 Å². The zero-order chi connectivity index (χ0) is 17.0. The van der Waals surface area contributed by atoms with Crippen LogP contribution in [-0.4, -0.2) is 23.8 Å². The second kappa shape index (κ2) is 7.35. The van der Waals surface area contributed by atoms with Gasteiger partial charge in [0.25, 0.3) is 5.91 Å². The molecule has 2 aromatic rings. The lowest BCUT2D eigenvalue weighted by Crippen LogP contribution is -2.19. The van der Waals surface area contributed by atoms with E-state index in [-0.39, 0.29) is 16.3 Å². The van der Waals surface area contributed by atoms with Crippen molar-refractivity contribution in [1.82, 2.24) is 5.43 Å². The Hall–Kier alpha value is -2.24. The number of carbonyl (C=O) groups is 1. The van der Waals surface area contributed by atoms with E-state index in [2.05, 4.69) is 10.5 Å². The molecule has 0 aliphatic rings. The SMILES string of the molecule is COc1ccc(O)c(/C(C)=N/NC(=O)c2cc(Cl)ccc2Cl)c1. The summed E-state index contributed by atoms with van der Waals surface area (Å²) in [7, 11) is 1.52. The number of hydrogen-bond acceptors (Lipinski definition) is 4. The summed E-state index contributed by atoms with van der Waals surface area (Å²) in [6.45, 7) is 1.65. The van der Waals surface area contributed by atoms with Gasteiger partial charge in [-0.1, -0.05) is 23.2 Å². The van der Waals surface area contributed by atoms with Gasteiger partial charge in [0.15, 0.2) is 0 Å². The number of nitrogens with zero attached hydrogens (tertiary/aromatic N) is 1. The van der Waals surface area contributed by atoms with Crippen LogP contribution in [0.3, 0.4) is 0 Å². The van der Waals surface area contributed by atoms with Gasteiger partial charge in [-0.25, -0.2) is 5.43 Å². The smallest absolute Gasteiger partial charge is 0.272 e. The molecule has 0 aromatic heterocycles. The number of carbonyl (C=O) groups excluding carboxylic acids is 1. The van der Waals surface area contributed by atoms with Crippen molar-refractivity contribution >= 4 is 34.8 Å². The number of phenols is 1. The Labute approximate surface area is 143 Å². The molecular formula is C16H14Cl2N2O3. The molecule has 120 valence electrons. The Morgan fingerprint density at radius 3 is 2.61 bits per heavy atom. The van der Waals surface area contributed by atoms with Crippen molar-refractivity contribution in [3.63, 3.8) is 0 Å². The van der Waals surface area contributed by atoms with Crippen molar-refractivity contribution in [1.29, 1.82) is 0 Å². The minimum absolute atomic E-state index is 0.0297. The maximum Gasteiger partial charge on any atom is 0.272 e. The Kier molecular flexibility index (Phi) is 5.47. The van der Waals surface area contributed by atoms with Crippen LogP contribution < -0.4 is 10.2 Å². The summed E-state index contributed by atoms with van der Waals surface area (Å²) in [5.41, 5.74) is 3.45. The molecule has 2 aromatic carbocycles. The van der Waals surface area contributed by atoms with Crippen LogP contribution in [0.1, 0.15) is 22.8 Å². The minimum Gasteiger partial charge on any atom is -0.507 e. The van der Waals surface area contributed by atoms with E-state index >= 15 is 0 Å². The molecule has 0 aliphatic heterocycles. The van der Waals surface area contributed by atoms with E-state index in [1.165, 1.54) is 25.3 Å². The number of hydrazone groups is 1. The van der Waals surface area contributed by atoms with E-state index in [0.717, 1.165) is 0 Å². The largest absolute Gasteiger partial charge is 0.507 e. The van der Waals surface area contributed by atoms with Crippen molar-refractivity contribution < 1.29 is 14.6 Å². The van der Waals surface area contributed by atoms with Crippen molar-refractivity contribution in [2.75, 3.05) is 7.11 Å². The quantitative estimate of drug-likeness (QED) is 0.648. The lowest BCUT2D eigenvalue weighted by Gasteiger charge is -2.08.